The van der Waals surface area contributed by atoms with Crippen molar-refractivity contribution in [3.8, 4) is 11.5 Å². The topological polar surface area (TPSA) is 116 Å². The highest BCUT2D eigenvalue weighted by Gasteiger charge is 2.50. The zero-order chi connectivity index (χ0) is 29.9. The van der Waals surface area contributed by atoms with Gasteiger partial charge in [-0.25, -0.2) is 4.79 Å². The summed E-state index contributed by atoms with van der Waals surface area (Å²) >= 11 is 0. The van der Waals surface area contributed by atoms with Crippen molar-refractivity contribution in [3.63, 3.8) is 0 Å². The average Bonchev–Trinajstić information content (AvgIpc) is 3.71. The quantitative estimate of drug-likeness (QED) is 0.471. The summed E-state index contributed by atoms with van der Waals surface area (Å²) in [5, 5.41) is 3.88. The molecular formula is C32H37N5O6. The Kier molecular flexibility index (Phi) is 6.72. The van der Waals surface area contributed by atoms with E-state index < -0.39 is 23.8 Å². The lowest BCUT2D eigenvalue weighted by molar-refractivity contribution is -0.160. The number of nitrogens with one attached hydrogen (secondary N) is 2. The van der Waals surface area contributed by atoms with Crippen LogP contribution in [-0.2, 0) is 20.7 Å². The Morgan fingerprint density at radius 1 is 1.12 bits per heavy atom. The predicted octanol–water partition coefficient (Wildman–Crippen LogP) is 3.18. The van der Waals surface area contributed by atoms with E-state index in [0.717, 1.165) is 40.7 Å². The van der Waals surface area contributed by atoms with Gasteiger partial charge in [0.15, 0.2) is 11.5 Å². The van der Waals surface area contributed by atoms with Gasteiger partial charge in [-0.1, -0.05) is 24.3 Å². The number of amides is 3. The molecule has 0 spiro atoms. The summed E-state index contributed by atoms with van der Waals surface area (Å²) < 4.78 is 16.5. The minimum absolute atomic E-state index is 0.0139. The van der Waals surface area contributed by atoms with Crippen molar-refractivity contribution >= 4 is 28.8 Å². The number of H-pyrrole nitrogens is 1. The van der Waals surface area contributed by atoms with Crippen molar-refractivity contribution in [1.29, 1.82) is 0 Å². The number of fused-ring (bicyclic) bond motifs is 5. The SMILES string of the molecule is CC(C)(C)OC(=O)NCCN1CC[C@@H](N2CC(=O)N3[C@H](c4ccc5c(c4)OCO5)c4[nH]c5ccccc5c4C[C@@H]3C2=O)C1. The molecule has 0 radical (unpaired) electrons. The molecule has 5 heterocycles. The molecule has 0 aliphatic carbocycles. The summed E-state index contributed by atoms with van der Waals surface area (Å²) in [4.78, 5) is 49.7. The molecule has 226 valence electrons. The van der Waals surface area contributed by atoms with Crippen LogP contribution in [0.5, 0.6) is 11.5 Å². The van der Waals surface area contributed by atoms with Crippen molar-refractivity contribution in [1.82, 2.24) is 25.0 Å². The summed E-state index contributed by atoms with van der Waals surface area (Å²) in [5.41, 5.74) is 3.33. The minimum atomic E-state index is -0.605. The van der Waals surface area contributed by atoms with Crippen LogP contribution in [0.4, 0.5) is 4.79 Å². The van der Waals surface area contributed by atoms with Gasteiger partial charge in [-0.2, -0.15) is 0 Å². The maximum Gasteiger partial charge on any atom is 0.407 e. The van der Waals surface area contributed by atoms with Gasteiger partial charge in [0.05, 0.1) is 6.04 Å². The molecule has 1 aromatic heterocycles. The Morgan fingerprint density at radius 2 is 1.93 bits per heavy atom. The van der Waals surface area contributed by atoms with Crippen molar-refractivity contribution < 1.29 is 28.6 Å². The molecule has 2 N–H and O–H groups in total. The van der Waals surface area contributed by atoms with E-state index in [1.165, 1.54) is 0 Å². The molecule has 3 atom stereocenters. The molecule has 2 aromatic carbocycles. The first-order valence-electron chi connectivity index (χ1n) is 15.0. The van der Waals surface area contributed by atoms with Crippen LogP contribution in [0.15, 0.2) is 42.5 Å². The number of aromatic amines is 1. The normalized spacial score (nSPS) is 23.5. The summed E-state index contributed by atoms with van der Waals surface area (Å²) in [6.45, 7) is 8.24. The molecule has 2 fully saturated rings. The highest BCUT2D eigenvalue weighted by molar-refractivity contribution is 5.98. The Morgan fingerprint density at radius 3 is 2.77 bits per heavy atom. The number of rotatable bonds is 5. The number of piperazine rings is 1. The molecular weight excluding hydrogens is 550 g/mol. The second-order valence-electron chi connectivity index (χ2n) is 12.7. The second-order valence-corrected chi connectivity index (χ2v) is 12.7. The Hall–Kier alpha value is -4.25. The fourth-order valence-electron chi connectivity index (χ4n) is 6.93. The van der Waals surface area contributed by atoms with E-state index in [9.17, 15) is 14.4 Å². The van der Waals surface area contributed by atoms with Crippen molar-refractivity contribution in [2.75, 3.05) is 39.5 Å². The van der Waals surface area contributed by atoms with Gasteiger partial charge in [-0.3, -0.25) is 14.5 Å². The molecule has 11 nitrogen and oxygen atoms in total. The highest BCUT2D eigenvalue weighted by Crippen LogP contribution is 2.45. The van der Waals surface area contributed by atoms with Gasteiger partial charge in [0.2, 0.25) is 18.6 Å². The number of aromatic nitrogens is 1. The van der Waals surface area contributed by atoms with Crippen molar-refractivity contribution in [2.45, 2.75) is 57.3 Å². The van der Waals surface area contributed by atoms with E-state index in [1.807, 2.05) is 57.2 Å². The molecule has 0 bridgehead atoms. The fraction of sp³-hybridized carbons (Fsp3) is 0.469. The monoisotopic (exact) mass is 587 g/mol. The van der Waals surface area contributed by atoms with Gasteiger partial charge in [-0.05, 0) is 56.5 Å². The van der Waals surface area contributed by atoms with E-state index >= 15 is 0 Å². The number of nitrogens with zero attached hydrogens (tertiary/aromatic N) is 3. The van der Waals surface area contributed by atoms with Crippen molar-refractivity contribution in [2.24, 2.45) is 0 Å². The summed E-state index contributed by atoms with van der Waals surface area (Å²) in [6, 6.07) is 12.7. The van der Waals surface area contributed by atoms with E-state index in [1.54, 1.807) is 9.80 Å². The van der Waals surface area contributed by atoms with E-state index in [4.69, 9.17) is 14.2 Å². The van der Waals surface area contributed by atoms with Crippen LogP contribution in [0.1, 0.15) is 50.1 Å². The number of ether oxygens (including phenoxy) is 3. The van der Waals surface area contributed by atoms with Crippen LogP contribution in [0, 0.1) is 0 Å². The molecule has 4 aliphatic rings. The first kappa shape index (κ1) is 27.6. The minimum Gasteiger partial charge on any atom is -0.454 e. The molecule has 4 aliphatic heterocycles. The number of likely N-dealkylation sites (tertiary alicyclic amines) is 1. The van der Waals surface area contributed by atoms with E-state index in [0.29, 0.717) is 37.6 Å². The molecule has 3 aromatic rings. The standard InChI is InChI=1S/C32H37N5O6/c1-32(2,3)43-31(40)33-11-13-35-12-10-20(16-35)36-17-27(38)37-24(30(36)39)15-22-21-6-4-5-7-23(21)34-28(22)29(37)19-8-9-25-26(14-19)42-18-41-25/h4-9,14,20,24,29,34H,10-13,15-18H2,1-3H3,(H,33,40)/t20-,24-,29-/m1/s1. The zero-order valence-corrected chi connectivity index (χ0v) is 24.7. The van der Waals surface area contributed by atoms with Crippen LogP contribution in [0.2, 0.25) is 0 Å². The maximum absolute atomic E-state index is 14.3. The van der Waals surface area contributed by atoms with E-state index in [2.05, 4.69) is 21.3 Å². The lowest BCUT2D eigenvalue weighted by Crippen LogP contribution is -2.65. The Labute approximate surface area is 250 Å². The van der Waals surface area contributed by atoms with Crippen LogP contribution in [0.3, 0.4) is 0 Å². The molecule has 43 heavy (non-hydrogen) atoms. The number of hydrogen-bond acceptors (Lipinski definition) is 7. The third kappa shape index (κ3) is 5.05. The molecule has 7 rings (SSSR count). The van der Waals surface area contributed by atoms with Crippen molar-refractivity contribution in [3.05, 3.63) is 59.3 Å². The number of hydrogen-bond donors (Lipinski definition) is 2. The molecule has 11 heteroatoms. The smallest absolute Gasteiger partial charge is 0.407 e. The maximum atomic E-state index is 14.3. The summed E-state index contributed by atoms with van der Waals surface area (Å²) in [5.74, 6) is 1.23. The predicted molar refractivity (Wildman–Crippen MR) is 158 cm³/mol. The van der Waals surface area contributed by atoms with Crippen LogP contribution >= 0.6 is 0 Å². The number of benzene rings is 2. The lowest BCUT2D eigenvalue weighted by Gasteiger charge is -2.48. The second kappa shape index (κ2) is 10.5. The summed E-state index contributed by atoms with van der Waals surface area (Å²) in [7, 11) is 0. The highest BCUT2D eigenvalue weighted by atomic mass is 16.7. The average molecular weight is 588 g/mol. The lowest BCUT2D eigenvalue weighted by atomic mass is 9.85. The molecule has 2 saturated heterocycles. The van der Waals surface area contributed by atoms with Gasteiger partial charge < -0.3 is 34.3 Å². The van der Waals surface area contributed by atoms with Gasteiger partial charge in [0.1, 0.15) is 18.2 Å². The van der Waals surface area contributed by atoms with Gasteiger partial charge in [-0.15, -0.1) is 0 Å². The zero-order valence-electron chi connectivity index (χ0n) is 24.7. The molecule has 0 saturated carbocycles. The first-order valence-corrected chi connectivity index (χ1v) is 15.0. The number of carbonyl (C=O) groups is 3. The van der Waals surface area contributed by atoms with Gasteiger partial charge in [0, 0.05) is 55.2 Å². The van der Waals surface area contributed by atoms with Crippen LogP contribution in [-0.4, -0.2) is 94.8 Å². The first-order chi connectivity index (χ1) is 20.7. The van der Waals surface area contributed by atoms with Crippen LogP contribution in [0.25, 0.3) is 10.9 Å². The number of carbonyl (C=O) groups excluding carboxylic acids is 3. The summed E-state index contributed by atoms with van der Waals surface area (Å²) in [6.07, 6.45) is 0.797. The van der Waals surface area contributed by atoms with Crippen LogP contribution < -0.4 is 14.8 Å². The largest absolute Gasteiger partial charge is 0.454 e. The Bertz CT molecular complexity index is 1590. The third-order valence-corrected chi connectivity index (χ3v) is 8.79. The number of alkyl carbamates (subject to hydrolysis) is 1. The molecule has 0 unspecified atom stereocenters. The fourth-order valence-corrected chi connectivity index (χ4v) is 6.93. The van der Waals surface area contributed by atoms with Gasteiger partial charge in [0.25, 0.3) is 0 Å². The van der Waals surface area contributed by atoms with Gasteiger partial charge >= 0.3 is 6.09 Å². The Balaban J connectivity index is 1.12. The number of para-hydroxylation sites is 1. The molecule has 3 amide bonds. The third-order valence-electron chi connectivity index (χ3n) is 8.79. The van der Waals surface area contributed by atoms with E-state index in [-0.39, 0.29) is 31.2 Å².